The standard InChI is InChI=1S/C28H20ClFN2O5S/c29-21-7-11-26-19(14-21)12-13-32(26)38(36,37)23-3-1-2-20(15-23)27(33)31-25-10-6-18(16-24(25)28(34)35)17-4-8-22(30)9-5-17/h1-11,14-16H,12-13H2,(H,31,33)(H,34,35). The van der Waals surface area contributed by atoms with Gasteiger partial charge in [0.1, 0.15) is 5.82 Å². The van der Waals surface area contributed by atoms with Crippen molar-refractivity contribution in [3.8, 4) is 11.1 Å². The van der Waals surface area contributed by atoms with E-state index in [9.17, 15) is 27.5 Å². The molecule has 0 spiro atoms. The zero-order chi connectivity index (χ0) is 27.0. The minimum absolute atomic E-state index is 0.0342. The van der Waals surface area contributed by atoms with E-state index in [1.54, 1.807) is 24.3 Å². The third-order valence-corrected chi connectivity index (χ3v) is 8.30. The van der Waals surface area contributed by atoms with Crippen molar-refractivity contribution in [3.63, 3.8) is 0 Å². The molecular weight excluding hydrogens is 531 g/mol. The maximum absolute atomic E-state index is 13.4. The van der Waals surface area contributed by atoms with Gasteiger partial charge >= 0.3 is 5.97 Å². The fourth-order valence-corrected chi connectivity index (χ4v) is 6.11. The molecule has 0 fully saturated rings. The Morgan fingerprint density at radius 2 is 1.66 bits per heavy atom. The van der Waals surface area contributed by atoms with Crippen LogP contribution in [0, 0.1) is 5.82 Å². The predicted octanol–water partition coefficient (Wildman–Crippen LogP) is 5.85. The molecule has 0 aromatic heterocycles. The molecule has 0 bridgehead atoms. The summed E-state index contributed by atoms with van der Waals surface area (Å²) in [5.74, 6) is -2.36. The normalized spacial score (nSPS) is 12.7. The molecule has 5 rings (SSSR count). The van der Waals surface area contributed by atoms with Gasteiger partial charge in [0.25, 0.3) is 15.9 Å². The van der Waals surface area contributed by atoms with Crippen LogP contribution >= 0.6 is 11.6 Å². The molecule has 1 aliphatic heterocycles. The van der Waals surface area contributed by atoms with Crippen LogP contribution in [0.15, 0.2) is 89.8 Å². The summed E-state index contributed by atoms with van der Waals surface area (Å²) in [6.45, 7) is 0.247. The predicted molar refractivity (Wildman–Crippen MR) is 143 cm³/mol. The first-order valence-corrected chi connectivity index (χ1v) is 13.3. The molecule has 38 heavy (non-hydrogen) atoms. The molecule has 192 valence electrons. The third kappa shape index (κ3) is 4.85. The van der Waals surface area contributed by atoms with Gasteiger partial charge in [0.15, 0.2) is 0 Å². The number of carbonyl (C=O) groups is 2. The Bertz CT molecular complexity index is 1690. The second kappa shape index (κ2) is 9.92. The molecule has 2 N–H and O–H groups in total. The van der Waals surface area contributed by atoms with Gasteiger partial charge in [-0.1, -0.05) is 35.9 Å². The SMILES string of the molecule is O=C(Nc1ccc(-c2ccc(F)cc2)cc1C(=O)O)c1cccc(S(=O)(=O)N2CCc3cc(Cl)ccc32)c1. The van der Waals surface area contributed by atoms with E-state index < -0.39 is 27.7 Å². The summed E-state index contributed by atoms with van der Waals surface area (Å²) in [4.78, 5) is 24.9. The zero-order valence-corrected chi connectivity index (χ0v) is 21.3. The highest BCUT2D eigenvalue weighted by molar-refractivity contribution is 7.92. The molecular formula is C28H20ClFN2O5S. The Morgan fingerprint density at radius 3 is 2.39 bits per heavy atom. The molecule has 0 atom stereocenters. The molecule has 1 aliphatic rings. The summed E-state index contributed by atoms with van der Waals surface area (Å²) in [7, 11) is -3.97. The lowest BCUT2D eigenvalue weighted by atomic mass is 10.0. The van der Waals surface area contributed by atoms with Crippen LogP contribution in [-0.2, 0) is 16.4 Å². The molecule has 0 saturated heterocycles. The van der Waals surface area contributed by atoms with Crippen LogP contribution in [0.3, 0.4) is 0 Å². The van der Waals surface area contributed by atoms with Gasteiger partial charge in [-0.3, -0.25) is 9.10 Å². The number of hydrogen-bond donors (Lipinski definition) is 2. The van der Waals surface area contributed by atoms with Crippen LogP contribution in [0.4, 0.5) is 15.8 Å². The van der Waals surface area contributed by atoms with Gasteiger partial charge in [-0.25, -0.2) is 17.6 Å². The number of benzene rings is 4. The van der Waals surface area contributed by atoms with E-state index in [-0.39, 0.29) is 28.3 Å². The highest BCUT2D eigenvalue weighted by Gasteiger charge is 2.31. The van der Waals surface area contributed by atoms with Gasteiger partial charge in [-0.05, 0) is 83.8 Å². The molecule has 0 aliphatic carbocycles. The number of nitrogens with zero attached hydrogens (tertiary/aromatic N) is 1. The summed E-state index contributed by atoms with van der Waals surface area (Å²) in [6, 6.07) is 20.6. The van der Waals surface area contributed by atoms with Crippen molar-refractivity contribution >= 4 is 44.9 Å². The fraction of sp³-hybridized carbons (Fsp3) is 0.0714. The number of carbonyl (C=O) groups excluding carboxylic acids is 1. The molecule has 4 aromatic rings. The minimum Gasteiger partial charge on any atom is -0.478 e. The van der Waals surface area contributed by atoms with Crippen molar-refractivity contribution in [2.75, 3.05) is 16.2 Å². The van der Waals surface area contributed by atoms with Crippen molar-refractivity contribution in [1.82, 2.24) is 0 Å². The Labute approximate surface area is 223 Å². The average molecular weight is 551 g/mol. The number of amides is 1. The number of rotatable bonds is 6. The zero-order valence-electron chi connectivity index (χ0n) is 19.7. The lowest BCUT2D eigenvalue weighted by Crippen LogP contribution is -2.29. The molecule has 10 heteroatoms. The van der Waals surface area contributed by atoms with Crippen LogP contribution in [0.1, 0.15) is 26.3 Å². The summed E-state index contributed by atoms with van der Waals surface area (Å²) in [5, 5.41) is 12.8. The Hall–Kier alpha value is -4.21. The number of sulfonamides is 1. The highest BCUT2D eigenvalue weighted by atomic mass is 35.5. The van der Waals surface area contributed by atoms with Crippen LogP contribution < -0.4 is 9.62 Å². The van der Waals surface area contributed by atoms with Crippen LogP contribution in [0.25, 0.3) is 11.1 Å². The van der Waals surface area contributed by atoms with Gasteiger partial charge < -0.3 is 10.4 Å². The van der Waals surface area contributed by atoms with E-state index in [1.165, 1.54) is 65.0 Å². The van der Waals surface area contributed by atoms with E-state index in [2.05, 4.69) is 5.32 Å². The first kappa shape index (κ1) is 25.4. The number of halogens is 2. The fourth-order valence-electron chi connectivity index (χ4n) is 4.36. The van der Waals surface area contributed by atoms with Crippen molar-refractivity contribution in [2.45, 2.75) is 11.3 Å². The Kier molecular flexibility index (Phi) is 6.64. The second-order valence-electron chi connectivity index (χ2n) is 8.65. The molecule has 1 amide bonds. The van der Waals surface area contributed by atoms with Crippen LogP contribution in [-0.4, -0.2) is 31.9 Å². The van der Waals surface area contributed by atoms with Crippen molar-refractivity contribution in [3.05, 3.63) is 112 Å². The lowest BCUT2D eigenvalue weighted by molar-refractivity contribution is 0.0698. The first-order chi connectivity index (χ1) is 18.1. The van der Waals surface area contributed by atoms with E-state index in [0.29, 0.717) is 28.3 Å². The molecule has 0 radical (unpaired) electrons. The summed E-state index contributed by atoms with van der Waals surface area (Å²) >= 11 is 6.04. The smallest absolute Gasteiger partial charge is 0.337 e. The van der Waals surface area contributed by atoms with E-state index in [0.717, 1.165) is 5.56 Å². The largest absolute Gasteiger partial charge is 0.478 e. The molecule has 1 heterocycles. The Morgan fingerprint density at radius 1 is 0.921 bits per heavy atom. The number of nitrogens with one attached hydrogen (secondary N) is 1. The first-order valence-electron chi connectivity index (χ1n) is 11.5. The number of fused-ring (bicyclic) bond motifs is 1. The maximum Gasteiger partial charge on any atom is 0.337 e. The van der Waals surface area contributed by atoms with Crippen LogP contribution in [0.5, 0.6) is 0 Å². The number of hydrogen-bond acceptors (Lipinski definition) is 4. The molecule has 4 aromatic carbocycles. The molecule has 0 unspecified atom stereocenters. The van der Waals surface area contributed by atoms with Gasteiger partial charge in [-0.2, -0.15) is 0 Å². The van der Waals surface area contributed by atoms with Gasteiger partial charge in [0.05, 0.1) is 21.8 Å². The second-order valence-corrected chi connectivity index (χ2v) is 11.0. The summed E-state index contributed by atoms with van der Waals surface area (Å²) in [6.07, 6.45) is 0.515. The van der Waals surface area contributed by atoms with E-state index >= 15 is 0 Å². The Balaban J connectivity index is 1.42. The number of aromatic carboxylic acids is 1. The number of carboxylic acids is 1. The highest BCUT2D eigenvalue weighted by Crippen LogP contribution is 2.35. The quantitative estimate of drug-likeness (QED) is 0.313. The van der Waals surface area contributed by atoms with Gasteiger partial charge in [-0.15, -0.1) is 0 Å². The van der Waals surface area contributed by atoms with Gasteiger partial charge in [0.2, 0.25) is 0 Å². The van der Waals surface area contributed by atoms with E-state index in [1.807, 2.05) is 0 Å². The lowest BCUT2D eigenvalue weighted by Gasteiger charge is -2.20. The molecule has 0 saturated carbocycles. The average Bonchev–Trinajstić information content (AvgIpc) is 3.33. The minimum atomic E-state index is -3.97. The topological polar surface area (TPSA) is 104 Å². The van der Waals surface area contributed by atoms with Crippen molar-refractivity contribution in [1.29, 1.82) is 0 Å². The van der Waals surface area contributed by atoms with Crippen LogP contribution in [0.2, 0.25) is 5.02 Å². The van der Waals surface area contributed by atoms with E-state index in [4.69, 9.17) is 11.6 Å². The van der Waals surface area contributed by atoms with Crippen molar-refractivity contribution in [2.24, 2.45) is 0 Å². The monoisotopic (exact) mass is 550 g/mol. The van der Waals surface area contributed by atoms with Gasteiger partial charge in [0, 0.05) is 17.1 Å². The van der Waals surface area contributed by atoms with Crippen molar-refractivity contribution < 1.29 is 27.5 Å². The number of carboxylic acid groups (broad SMARTS) is 1. The molecule has 7 nitrogen and oxygen atoms in total. The summed E-state index contributed by atoms with van der Waals surface area (Å²) < 4.78 is 41.4. The number of anilines is 2. The third-order valence-electron chi connectivity index (χ3n) is 6.25. The summed E-state index contributed by atoms with van der Waals surface area (Å²) in [5.41, 5.74) is 2.40. The maximum atomic E-state index is 13.4.